The number of pyridine rings is 1. The molecule has 1 aromatic carbocycles. The molecule has 3 aromatic rings. The van der Waals surface area contributed by atoms with Crippen LogP contribution in [-0.4, -0.2) is 9.61 Å². The minimum absolute atomic E-state index is 0.323. The molecule has 0 aliphatic rings. The van der Waals surface area contributed by atoms with Gasteiger partial charge < -0.3 is 5.32 Å². The zero-order valence-corrected chi connectivity index (χ0v) is 12.8. The van der Waals surface area contributed by atoms with E-state index in [1.165, 1.54) is 22.3 Å². The smallest absolute Gasteiger partial charge is 0.0706 e. The van der Waals surface area contributed by atoms with Gasteiger partial charge in [-0.1, -0.05) is 29.8 Å². The summed E-state index contributed by atoms with van der Waals surface area (Å²) in [5, 5.41) is 7.99. The van der Waals surface area contributed by atoms with Crippen LogP contribution in [-0.2, 0) is 6.54 Å². The lowest BCUT2D eigenvalue weighted by atomic mass is 10.00. The largest absolute Gasteiger partial charge is 0.306 e. The van der Waals surface area contributed by atoms with E-state index in [2.05, 4.69) is 61.5 Å². The first kappa shape index (κ1) is 13.8. The van der Waals surface area contributed by atoms with Crippen LogP contribution in [0.1, 0.15) is 35.2 Å². The summed E-state index contributed by atoms with van der Waals surface area (Å²) in [6, 6.07) is 13.1. The summed E-state index contributed by atoms with van der Waals surface area (Å²) in [5.74, 6) is 0. The Morgan fingerprint density at radius 3 is 2.90 bits per heavy atom. The molecule has 0 radical (unpaired) electrons. The Balaban J connectivity index is 1.76. The molecule has 3 nitrogen and oxygen atoms in total. The number of aromatic nitrogens is 2. The van der Waals surface area contributed by atoms with Gasteiger partial charge in [-0.25, -0.2) is 4.52 Å². The Hall–Kier alpha value is -2.13. The van der Waals surface area contributed by atoms with E-state index in [0.29, 0.717) is 6.04 Å². The van der Waals surface area contributed by atoms with Gasteiger partial charge in [0.2, 0.25) is 0 Å². The topological polar surface area (TPSA) is 29.3 Å². The van der Waals surface area contributed by atoms with Gasteiger partial charge >= 0.3 is 0 Å². The van der Waals surface area contributed by atoms with Gasteiger partial charge in [-0.2, -0.15) is 5.10 Å². The lowest BCUT2D eigenvalue weighted by Crippen LogP contribution is -2.19. The van der Waals surface area contributed by atoms with E-state index in [-0.39, 0.29) is 0 Å². The standard InChI is InChI=1S/C18H21N3/c1-13-7-8-14(2)17(10-13)15(3)19-11-16-12-20-21-9-5-4-6-18(16)21/h4-10,12,15,19H,11H2,1-3H3. The summed E-state index contributed by atoms with van der Waals surface area (Å²) in [6.07, 6.45) is 3.92. The van der Waals surface area contributed by atoms with Gasteiger partial charge in [-0.3, -0.25) is 0 Å². The maximum Gasteiger partial charge on any atom is 0.0706 e. The van der Waals surface area contributed by atoms with E-state index >= 15 is 0 Å². The number of benzene rings is 1. The van der Waals surface area contributed by atoms with Crippen molar-refractivity contribution in [2.75, 3.05) is 0 Å². The molecule has 2 aromatic heterocycles. The third-order valence-electron chi connectivity index (χ3n) is 4.01. The van der Waals surface area contributed by atoms with Crippen molar-refractivity contribution in [2.24, 2.45) is 0 Å². The normalized spacial score (nSPS) is 12.7. The van der Waals surface area contributed by atoms with Crippen LogP contribution in [0.15, 0.2) is 48.8 Å². The fraction of sp³-hybridized carbons (Fsp3) is 0.278. The first-order valence-corrected chi connectivity index (χ1v) is 7.37. The van der Waals surface area contributed by atoms with Crippen molar-refractivity contribution in [3.05, 3.63) is 71.0 Å². The maximum atomic E-state index is 4.38. The highest BCUT2D eigenvalue weighted by atomic mass is 15.2. The number of rotatable bonds is 4. The van der Waals surface area contributed by atoms with E-state index in [9.17, 15) is 0 Å². The predicted octanol–water partition coefficient (Wildman–Crippen LogP) is 3.80. The molecule has 2 heterocycles. The average molecular weight is 279 g/mol. The Morgan fingerprint density at radius 2 is 2.05 bits per heavy atom. The summed E-state index contributed by atoms with van der Waals surface area (Å²) in [5.41, 5.74) is 6.40. The molecular weight excluding hydrogens is 258 g/mol. The van der Waals surface area contributed by atoms with Crippen molar-refractivity contribution in [3.8, 4) is 0 Å². The molecule has 0 saturated heterocycles. The Morgan fingerprint density at radius 1 is 1.19 bits per heavy atom. The number of hydrogen-bond donors (Lipinski definition) is 1. The fourth-order valence-corrected chi connectivity index (χ4v) is 2.72. The van der Waals surface area contributed by atoms with E-state index in [1.54, 1.807) is 0 Å². The summed E-state index contributed by atoms with van der Waals surface area (Å²) >= 11 is 0. The van der Waals surface area contributed by atoms with E-state index < -0.39 is 0 Å². The minimum atomic E-state index is 0.323. The van der Waals surface area contributed by atoms with E-state index in [0.717, 1.165) is 12.1 Å². The monoisotopic (exact) mass is 279 g/mol. The third-order valence-corrected chi connectivity index (χ3v) is 4.01. The van der Waals surface area contributed by atoms with Crippen LogP contribution in [0.4, 0.5) is 0 Å². The molecule has 3 rings (SSSR count). The molecule has 0 bridgehead atoms. The van der Waals surface area contributed by atoms with Crippen LogP contribution >= 0.6 is 0 Å². The number of aryl methyl sites for hydroxylation is 2. The molecule has 0 saturated carbocycles. The van der Waals surface area contributed by atoms with Crippen molar-refractivity contribution < 1.29 is 0 Å². The second kappa shape index (κ2) is 5.70. The van der Waals surface area contributed by atoms with Crippen LogP contribution in [0.25, 0.3) is 5.52 Å². The second-order valence-electron chi connectivity index (χ2n) is 5.66. The van der Waals surface area contributed by atoms with Crippen molar-refractivity contribution >= 4 is 5.52 Å². The zero-order chi connectivity index (χ0) is 14.8. The first-order valence-electron chi connectivity index (χ1n) is 7.37. The molecule has 1 N–H and O–H groups in total. The van der Waals surface area contributed by atoms with Crippen LogP contribution in [0.2, 0.25) is 0 Å². The first-order chi connectivity index (χ1) is 10.1. The summed E-state index contributed by atoms with van der Waals surface area (Å²) in [7, 11) is 0. The molecule has 3 heteroatoms. The average Bonchev–Trinajstić information content (AvgIpc) is 2.90. The van der Waals surface area contributed by atoms with Crippen molar-refractivity contribution in [2.45, 2.75) is 33.4 Å². The van der Waals surface area contributed by atoms with Crippen LogP contribution in [0, 0.1) is 13.8 Å². The number of fused-ring (bicyclic) bond motifs is 1. The molecule has 0 aliphatic heterocycles. The Bertz CT molecular complexity index is 758. The number of nitrogens with zero attached hydrogens (tertiary/aromatic N) is 2. The van der Waals surface area contributed by atoms with Gasteiger partial charge in [0.1, 0.15) is 0 Å². The maximum absolute atomic E-state index is 4.38. The quantitative estimate of drug-likeness (QED) is 0.787. The van der Waals surface area contributed by atoms with Gasteiger partial charge in [-0.05, 0) is 44.0 Å². The Labute approximate surface area is 125 Å². The summed E-state index contributed by atoms with van der Waals surface area (Å²) < 4.78 is 1.92. The fourth-order valence-electron chi connectivity index (χ4n) is 2.72. The molecule has 1 atom stereocenters. The highest BCUT2D eigenvalue weighted by Gasteiger charge is 2.10. The van der Waals surface area contributed by atoms with Gasteiger partial charge in [0.05, 0.1) is 11.7 Å². The SMILES string of the molecule is Cc1ccc(C)c(C(C)NCc2cnn3ccccc23)c1. The van der Waals surface area contributed by atoms with Gasteiger partial charge in [-0.15, -0.1) is 0 Å². The van der Waals surface area contributed by atoms with Crippen LogP contribution in [0.3, 0.4) is 0 Å². The summed E-state index contributed by atoms with van der Waals surface area (Å²) in [6.45, 7) is 7.35. The van der Waals surface area contributed by atoms with Crippen LogP contribution < -0.4 is 5.32 Å². The molecule has 0 spiro atoms. The molecule has 0 amide bonds. The lowest BCUT2D eigenvalue weighted by molar-refractivity contribution is 0.573. The molecule has 0 aliphatic carbocycles. The molecular formula is C18H21N3. The van der Waals surface area contributed by atoms with Gasteiger partial charge in [0.25, 0.3) is 0 Å². The zero-order valence-electron chi connectivity index (χ0n) is 12.8. The third kappa shape index (κ3) is 2.83. The molecule has 108 valence electrons. The van der Waals surface area contributed by atoms with Crippen molar-refractivity contribution in [3.63, 3.8) is 0 Å². The highest BCUT2D eigenvalue weighted by molar-refractivity contribution is 5.53. The lowest BCUT2D eigenvalue weighted by Gasteiger charge is -2.17. The predicted molar refractivity (Wildman–Crippen MR) is 86.4 cm³/mol. The van der Waals surface area contributed by atoms with E-state index in [1.807, 2.05) is 23.0 Å². The number of nitrogens with one attached hydrogen (secondary N) is 1. The van der Waals surface area contributed by atoms with Gasteiger partial charge in [0.15, 0.2) is 0 Å². The van der Waals surface area contributed by atoms with Gasteiger partial charge in [0, 0.05) is 24.3 Å². The van der Waals surface area contributed by atoms with Crippen LogP contribution in [0.5, 0.6) is 0 Å². The minimum Gasteiger partial charge on any atom is -0.306 e. The van der Waals surface area contributed by atoms with Crippen molar-refractivity contribution in [1.29, 1.82) is 0 Å². The summed E-state index contributed by atoms with van der Waals surface area (Å²) in [4.78, 5) is 0. The van der Waals surface area contributed by atoms with Crippen molar-refractivity contribution in [1.82, 2.24) is 14.9 Å². The molecule has 21 heavy (non-hydrogen) atoms. The second-order valence-corrected chi connectivity index (χ2v) is 5.66. The molecule has 1 unspecified atom stereocenters. The molecule has 0 fully saturated rings. The van der Waals surface area contributed by atoms with E-state index in [4.69, 9.17) is 0 Å². The number of hydrogen-bond acceptors (Lipinski definition) is 2. The highest BCUT2D eigenvalue weighted by Crippen LogP contribution is 2.20. The Kier molecular flexibility index (Phi) is 3.76.